The summed E-state index contributed by atoms with van der Waals surface area (Å²) in [4.78, 5) is 2.24. The Hall–Kier alpha value is -1.74. The first-order valence-corrected chi connectivity index (χ1v) is 5.90. The maximum atomic E-state index is 6.12. The van der Waals surface area contributed by atoms with Crippen molar-refractivity contribution in [2.24, 2.45) is 5.73 Å². The number of nitrogens with two attached hydrogens (primary N) is 1. The van der Waals surface area contributed by atoms with Gasteiger partial charge in [0.25, 0.3) is 0 Å². The first-order valence-electron chi connectivity index (χ1n) is 5.90. The fourth-order valence-electron chi connectivity index (χ4n) is 1.89. The Labute approximate surface area is 102 Å². The molecule has 3 heteroatoms. The highest BCUT2D eigenvalue weighted by molar-refractivity contribution is 5.46. The third-order valence-electron chi connectivity index (χ3n) is 2.83. The van der Waals surface area contributed by atoms with E-state index in [1.54, 1.807) is 6.26 Å². The number of para-hydroxylation sites is 1. The summed E-state index contributed by atoms with van der Waals surface area (Å²) in [6.07, 6.45) is 1.66. The van der Waals surface area contributed by atoms with Crippen LogP contribution in [-0.2, 0) is 0 Å². The third kappa shape index (κ3) is 2.88. The quantitative estimate of drug-likeness (QED) is 0.858. The lowest BCUT2D eigenvalue weighted by Gasteiger charge is -2.25. The monoisotopic (exact) mass is 230 g/mol. The molecule has 0 aliphatic heterocycles. The minimum Gasteiger partial charge on any atom is -0.468 e. The maximum Gasteiger partial charge on any atom is 0.122 e. The van der Waals surface area contributed by atoms with E-state index in [9.17, 15) is 0 Å². The van der Waals surface area contributed by atoms with E-state index in [1.165, 1.54) is 5.69 Å². The second kappa shape index (κ2) is 5.55. The SMILES string of the molecule is CCN(CC(N)c1ccco1)c1ccccc1. The van der Waals surface area contributed by atoms with Gasteiger partial charge in [0, 0.05) is 18.8 Å². The molecule has 2 rings (SSSR count). The van der Waals surface area contributed by atoms with Gasteiger partial charge in [-0.05, 0) is 31.2 Å². The van der Waals surface area contributed by atoms with Crippen LogP contribution >= 0.6 is 0 Å². The molecule has 90 valence electrons. The third-order valence-corrected chi connectivity index (χ3v) is 2.83. The minimum atomic E-state index is -0.0924. The van der Waals surface area contributed by atoms with Gasteiger partial charge in [-0.3, -0.25) is 0 Å². The highest BCUT2D eigenvalue weighted by atomic mass is 16.3. The van der Waals surface area contributed by atoms with Gasteiger partial charge in [-0.15, -0.1) is 0 Å². The van der Waals surface area contributed by atoms with Crippen LogP contribution in [0.2, 0.25) is 0 Å². The molecule has 1 aromatic carbocycles. The Morgan fingerprint density at radius 3 is 2.53 bits per heavy atom. The summed E-state index contributed by atoms with van der Waals surface area (Å²) in [6.45, 7) is 3.81. The lowest BCUT2D eigenvalue weighted by Crippen LogP contribution is -2.31. The van der Waals surface area contributed by atoms with E-state index in [0.29, 0.717) is 0 Å². The first kappa shape index (κ1) is 11.7. The van der Waals surface area contributed by atoms with Crippen LogP contribution in [0.5, 0.6) is 0 Å². The van der Waals surface area contributed by atoms with Gasteiger partial charge in [-0.25, -0.2) is 0 Å². The second-order valence-electron chi connectivity index (χ2n) is 4.00. The Morgan fingerprint density at radius 2 is 1.94 bits per heavy atom. The number of hydrogen-bond acceptors (Lipinski definition) is 3. The molecule has 2 aromatic rings. The van der Waals surface area contributed by atoms with Gasteiger partial charge < -0.3 is 15.1 Å². The summed E-state index contributed by atoms with van der Waals surface area (Å²) in [5.74, 6) is 0.833. The minimum absolute atomic E-state index is 0.0924. The van der Waals surface area contributed by atoms with E-state index < -0.39 is 0 Å². The summed E-state index contributed by atoms with van der Waals surface area (Å²) >= 11 is 0. The molecule has 0 saturated heterocycles. The number of rotatable bonds is 5. The van der Waals surface area contributed by atoms with Crippen LogP contribution < -0.4 is 10.6 Å². The van der Waals surface area contributed by atoms with Crippen LogP contribution in [0, 0.1) is 0 Å². The molecule has 1 atom stereocenters. The van der Waals surface area contributed by atoms with Crippen molar-refractivity contribution in [3.63, 3.8) is 0 Å². The molecule has 0 aliphatic rings. The van der Waals surface area contributed by atoms with Crippen LogP contribution in [0.4, 0.5) is 5.69 Å². The highest BCUT2D eigenvalue weighted by Gasteiger charge is 2.13. The van der Waals surface area contributed by atoms with Crippen LogP contribution in [0.25, 0.3) is 0 Å². The van der Waals surface area contributed by atoms with Gasteiger partial charge in [-0.2, -0.15) is 0 Å². The van der Waals surface area contributed by atoms with E-state index in [4.69, 9.17) is 10.2 Å². The number of hydrogen-bond donors (Lipinski definition) is 1. The molecule has 0 spiro atoms. The zero-order valence-electron chi connectivity index (χ0n) is 10.0. The molecule has 1 aromatic heterocycles. The first-order chi connectivity index (χ1) is 8.31. The van der Waals surface area contributed by atoms with Gasteiger partial charge in [0.2, 0.25) is 0 Å². The van der Waals surface area contributed by atoms with Gasteiger partial charge in [0.1, 0.15) is 5.76 Å². The van der Waals surface area contributed by atoms with Crippen LogP contribution in [-0.4, -0.2) is 13.1 Å². The molecule has 0 radical (unpaired) electrons. The largest absolute Gasteiger partial charge is 0.468 e. The number of furan rings is 1. The Morgan fingerprint density at radius 1 is 1.18 bits per heavy atom. The summed E-state index contributed by atoms with van der Waals surface area (Å²) in [5.41, 5.74) is 7.31. The molecule has 2 N–H and O–H groups in total. The fourth-order valence-corrected chi connectivity index (χ4v) is 1.89. The van der Waals surface area contributed by atoms with E-state index in [0.717, 1.165) is 18.8 Å². The van der Waals surface area contributed by atoms with Crippen molar-refractivity contribution in [1.82, 2.24) is 0 Å². The zero-order valence-corrected chi connectivity index (χ0v) is 10.0. The number of nitrogens with zero attached hydrogens (tertiary/aromatic N) is 1. The molecule has 17 heavy (non-hydrogen) atoms. The zero-order chi connectivity index (χ0) is 12.1. The predicted octanol–water partition coefficient (Wildman–Crippen LogP) is 2.81. The van der Waals surface area contributed by atoms with Crippen molar-refractivity contribution in [3.8, 4) is 0 Å². The lowest BCUT2D eigenvalue weighted by atomic mass is 10.2. The van der Waals surface area contributed by atoms with Crippen molar-refractivity contribution >= 4 is 5.69 Å². The molecule has 3 nitrogen and oxygen atoms in total. The summed E-state index contributed by atoms with van der Waals surface area (Å²) in [7, 11) is 0. The van der Waals surface area contributed by atoms with E-state index in [2.05, 4.69) is 24.0 Å². The summed E-state index contributed by atoms with van der Waals surface area (Å²) in [6, 6.07) is 14.0. The lowest BCUT2D eigenvalue weighted by molar-refractivity contribution is 0.464. The van der Waals surface area contributed by atoms with Crippen molar-refractivity contribution in [3.05, 3.63) is 54.5 Å². The van der Waals surface area contributed by atoms with Gasteiger partial charge >= 0.3 is 0 Å². The molecule has 0 aliphatic carbocycles. The fraction of sp³-hybridized carbons (Fsp3) is 0.286. The molecular formula is C14H18N2O. The van der Waals surface area contributed by atoms with E-state index in [1.807, 2.05) is 30.3 Å². The second-order valence-corrected chi connectivity index (χ2v) is 4.00. The van der Waals surface area contributed by atoms with Crippen molar-refractivity contribution in [1.29, 1.82) is 0 Å². The highest BCUT2D eigenvalue weighted by Crippen LogP contribution is 2.18. The van der Waals surface area contributed by atoms with Gasteiger partial charge in [-0.1, -0.05) is 18.2 Å². The smallest absolute Gasteiger partial charge is 0.122 e. The Balaban J connectivity index is 2.06. The topological polar surface area (TPSA) is 42.4 Å². The summed E-state index contributed by atoms with van der Waals surface area (Å²) in [5, 5.41) is 0. The molecule has 0 bridgehead atoms. The maximum absolute atomic E-state index is 6.12. The number of benzene rings is 1. The molecule has 0 amide bonds. The van der Waals surface area contributed by atoms with Gasteiger partial charge in [0.05, 0.1) is 12.3 Å². The van der Waals surface area contributed by atoms with Crippen LogP contribution in [0.15, 0.2) is 53.1 Å². The number of anilines is 1. The average molecular weight is 230 g/mol. The number of likely N-dealkylation sites (N-methyl/N-ethyl adjacent to an activating group) is 1. The standard InChI is InChI=1S/C14H18N2O/c1-2-16(12-7-4-3-5-8-12)11-13(15)14-9-6-10-17-14/h3-10,13H,2,11,15H2,1H3. The van der Waals surface area contributed by atoms with Crippen LogP contribution in [0.1, 0.15) is 18.7 Å². The van der Waals surface area contributed by atoms with Crippen molar-refractivity contribution in [2.75, 3.05) is 18.0 Å². The normalized spacial score (nSPS) is 12.4. The van der Waals surface area contributed by atoms with Crippen molar-refractivity contribution in [2.45, 2.75) is 13.0 Å². The molecule has 1 heterocycles. The average Bonchev–Trinajstić information content (AvgIpc) is 2.90. The Kier molecular flexibility index (Phi) is 3.83. The molecule has 0 fully saturated rings. The molecule has 1 unspecified atom stereocenters. The van der Waals surface area contributed by atoms with Crippen LogP contribution in [0.3, 0.4) is 0 Å². The van der Waals surface area contributed by atoms with E-state index >= 15 is 0 Å². The molecule has 0 saturated carbocycles. The van der Waals surface area contributed by atoms with Gasteiger partial charge in [0.15, 0.2) is 0 Å². The van der Waals surface area contributed by atoms with Crippen molar-refractivity contribution < 1.29 is 4.42 Å². The van der Waals surface area contributed by atoms with E-state index in [-0.39, 0.29) is 6.04 Å². The summed E-state index contributed by atoms with van der Waals surface area (Å²) < 4.78 is 5.32. The Bertz CT molecular complexity index is 425. The predicted molar refractivity (Wildman–Crippen MR) is 70.0 cm³/mol. The molecular weight excluding hydrogens is 212 g/mol.